The predicted molar refractivity (Wildman–Crippen MR) is 182 cm³/mol. The lowest BCUT2D eigenvalue weighted by Gasteiger charge is -2.20. The second kappa shape index (κ2) is 16.3. The Morgan fingerprint density at radius 3 is 1.64 bits per heavy atom. The molecule has 2 aliphatic rings. The maximum Gasteiger partial charge on any atom is 0.288 e. The molecule has 0 aliphatic heterocycles. The molecule has 0 heterocycles. The monoisotopic (exact) mass is 720 g/mol. The Bertz CT molecular complexity index is 1950. The summed E-state index contributed by atoms with van der Waals surface area (Å²) in [7, 11) is 0. The van der Waals surface area contributed by atoms with Gasteiger partial charge in [0.25, 0.3) is 11.8 Å². The van der Waals surface area contributed by atoms with E-state index in [1.165, 1.54) is 24.3 Å². The van der Waals surface area contributed by atoms with Crippen LogP contribution in [-0.4, -0.2) is 41.4 Å². The summed E-state index contributed by atoms with van der Waals surface area (Å²) in [5.41, 5.74) is 4.54. The minimum absolute atomic E-state index is 0.0333. The number of carbonyl (C=O) groups excluding carboxylic acids is 5. The van der Waals surface area contributed by atoms with Crippen molar-refractivity contribution < 1.29 is 37.9 Å². The Balaban J connectivity index is 0.000000194. The second-order valence-corrected chi connectivity index (χ2v) is 13.0. The van der Waals surface area contributed by atoms with E-state index in [0.717, 1.165) is 40.7 Å². The summed E-state index contributed by atoms with van der Waals surface area (Å²) in [5.74, 6) is -4.72. The number of aliphatic hydroxyl groups excluding tert-OH is 1. The highest BCUT2D eigenvalue weighted by Crippen LogP contribution is 2.36. The van der Waals surface area contributed by atoms with E-state index in [4.69, 9.17) is 23.2 Å². The third-order valence-electron chi connectivity index (χ3n) is 8.80. The van der Waals surface area contributed by atoms with Crippen LogP contribution in [0.15, 0.2) is 84.9 Å². The highest BCUT2D eigenvalue weighted by atomic mass is 35.5. The number of hydrogen-bond donors (Lipinski definition) is 3. The molecule has 2 aliphatic carbocycles. The van der Waals surface area contributed by atoms with Gasteiger partial charge in [-0.1, -0.05) is 83.9 Å². The molecule has 0 unspecified atom stereocenters. The number of nitrogens with one attached hydrogen (secondary N) is 2. The molecule has 50 heavy (non-hydrogen) atoms. The zero-order valence-corrected chi connectivity index (χ0v) is 28.0. The van der Waals surface area contributed by atoms with E-state index >= 15 is 0 Å². The summed E-state index contributed by atoms with van der Waals surface area (Å²) in [6.45, 7) is -0.0871. The van der Waals surface area contributed by atoms with E-state index in [-0.39, 0.29) is 35.4 Å². The van der Waals surface area contributed by atoms with Gasteiger partial charge < -0.3 is 20.5 Å². The molecule has 2 amide bonds. The molecule has 0 aromatic heterocycles. The van der Waals surface area contributed by atoms with Gasteiger partial charge in [0.2, 0.25) is 11.6 Å². The second-order valence-electron chi connectivity index (χ2n) is 12.1. The lowest BCUT2D eigenvalue weighted by atomic mass is 10.0. The van der Waals surface area contributed by atoms with Crippen molar-refractivity contribution in [1.29, 1.82) is 0 Å². The highest BCUT2D eigenvalue weighted by Gasteiger charge is 2.35. The maximum atomic E-state index is 13.4. The third-order valence-corrected chi connectivity index (χ3v) is 9.42. The fraction of sp³-hybridized carbons (Fsp3) is 0.237. The van der Waals surface area contributed by atoms with Gasteiger partial charge in [0.15, 0.2) is 0 Å². The fourth-order valence-corrected chi connectivity index (χ4v) is 6.49. The average molecular weight is 722 g/mol. The number of Topliss-reactive ketones (excluding diaryl/α,β-unsaturated/α-hetero) is 2. The standard InChI is InChI=1S/C19H17ClFNO3.C19H15ClFNO3/c2*20-15-6-5-11(7-16(15)21)8-17(24)19(25)22-18-13(10-23)9-12-3-1-2-4-14(12)18/h1-7,13,18,23H,8-10H2,(H,22,25);1-7,10,13,18H,8-9H2,(H,22,25)/t2*13-,18+/m00/s1. The molecular formula is C38H32Cl2F2N2O6. The molecule has 258 valence electrons. The Labute approximate surface area is 296 Å². The summed E-state index contributed by atoms with van der Waals surface area (Å²) in [5, 5.41) is 14.8. The van der Waals surface area contributed by atoms with Gasteiger partial charge in [-0.05, 0) is 70.5 Å². The SMILES string of the molecule is O=C(Cc1ccc(Cl)c(F)c1)C(=O)N[C@H]1c2ccccc2C[C@H]1CO.O=C[C@@H]1Cc2ccccc2[C@@H]1NC(=O)C(=O)Cc1ccc(Cl)c(F)c1. The molecule has 4 aromatic carbocycles. The van der Waals surface area contributed by atoms with Crippen molar-refractivity contribution in [2.45, 2.75) is 37.8 Å². The number of fused-ring (bicyclic) bond motifs is 2. The average Bonchev–Trinajstić information content (AvgIpc) is 3.65. The number of rotatable bonds is 10. The summed E-state index contributed by atoms with van der Waals surface area (Å²) in [4.78, 5) is 60.1. The normalized spacial score (nSPS) is 18.6. The van der Waals surface area contributed by atoms with Crippen molar-refractivity contribution in [2.24, 2.45) is 11.8 Å². The molecule has 0 saturated carbocycles. The van der Waals surface area contributed by atoms with Crippen LogP contribution in [0, 0.1) is 23.5 Å². The topological polar surface area (TPSA) is 130 Å². The summed E-state index contributed by atoms with van der Waals surface area (Å²) < 4.78 is 26.9. The van der Waals surface area contributed by atoms with Gasteiger partial charge in [-0.2, -0.15) is 0 Å². The molecule has 12 heteroatoms. The molecular weight excluding hydrogens is 689 g/mol. The Kier molecular flexibility index (Phi) is 11.9. The van der Waals surface area contributed by atoms with Crippen LogP contribution < -0.4 is 10.6 Å². The van der Waals surface area contributed by atoms with E-state index in [0.29, 0.717) is 24.0 Å². The van der Waals surface area contributed by atoms with Crippen LogP contribution in [0.2, 0.25) is 10.0 Å². The molecule has 4 aromatic rings. The van der Waals surface area contributed by atoms with Crippen molar-refractivity contribution in [1.82, 2.24) is 10.6 Å². The van der Waals surface area contributed by atoms with Gasteiger partial charge in [-0.15, -0.1) is 0 Å². The number of hydrogen-bond acceptors (Lipinski definition) is 6. The fourth-order valence-electron chi connectivity index (χ4n) is 6.25. The first-order valence-corrected chi connectivity index (χ1v) is 16.5. The molecule has 0 fully saturated rings. The lowest BCUT2D eigenvalue weighted by molar-refractivity contribution is -0.138. The number of amides is 2. The molecule has 8 nitrogen and oxygen atoms in total. The highest BCUT2D eigenvalue weighted by molar-refractivity contribution is 6.37. The minimum atomic E-state index is -0.788. The number of ketones is 2. The number of halogens is 4. The van der Waals surface area contributed by atoms with E-state index < -0.39 is 53.0 Å². The van der Waals surface area contributed by atoms with Gasteiger partial charge in [-0.25, -0.2) is 8.78 Å². The van der Waals surface area contributed by atoms with Crippen molar-refractivity contribution in [3.8, 4) is 0 Å². The summed E-state index contributed by atoms with van der Waals surface area (Å²) >= 11 is 11.2. The van der Waals surface area contributed by atoms with Gasteiger partial charge in [0.05, 0.1) is 22.1 Å². The van der Waals surface area contributed by atoms with E-state index in [9.17, 15) is 37.9 Å². The quantitative estimate of drug-likeness (QED) is 0.148. The number of benzene rings is 4. The van der Waals surface area contributed by atoms with Crippen LogP contribution in [-0.2, 0) is 49.7 Å². The first-order valence-electron chi connectivity index (χ1n) is 15.8. The largest absolute Gasteiger partial charge is 0.396 e. The molecule has 0 radical (unpaired) electrons. The first-order chi connectivity index (χ1) is 24.0. The van der Waals surface area contributed by atoms with E-state index in [1.807, 2.05) is 48.5 Å². The summed E-state index contributed by atoms with van der Waals surface area (Å²) in [6.07, 6.45) is 1.53. The van der Waals surface area contributed by atoms with Crippen molar-refractivity contribution in [3.63, 3.8) is 0 Å². The van der Waals surface area contributed by atoms with Crippen LogP contribution in [0.4, 0.5) is 8.78 Å². The Hall–Kier alpha value is -4.77. The minimum Gasteiger partial charge on any atom is -0.396 e. The van der Waals surface area contributed by atoms with Gasteiger partial charge in [0, 0.05) is 31.3 Å². The van der Waals surface area contributed by atoms with Crippen molar-refractivity contribution in [3.05, 3.63) is 140 Å². The van der Waals surface area contributed by atoms with Crippen LogP contribution >= 0.6 is 23.2 Å². The van der Waals surface area contributed by atoms with Crippen LogP contribution in [0.1, 0.15) is 45.5 Å². The van der Waals surface area contributed by atoms with Gasteiger partial charge in [0.1, 0.15) is 17.9 Å². The molecule has 0 bridgehead atoms. The predicted octanol–water partition coefficient (Wildman–Crippen LogP) is 5.43. The smallest absolute Gasteiger partial charge is 0.288 e. The molecule has 0 saturated heterocycles. The summed E-state index contributed by atoms with van der Waals surface area (Å²) in [6, 6.07) is 22.1. The third kappa shape index (κ3) is 8.50. The lowest BCUT2D eigenvalue weighted by Crippen LogP contribution is -2.37. The van der Waals surface area contributed by atoms with Crippen molar-refractivity contribution in [2.75, 3.05) is 6.61 Å². The van der Waals surface area contributed by atoms with Gasteiger partial charge in [-0.3, -0.25) is 19.2 Å². The van der Waals surface area contributed by atoms with Gasteiger partial charge >= 0.3 is 0 Å². The zero-order valence-electron chi connectivity index (χ0n) is 26.5. The Morgan fingerprint density at radius 2 is 1.16 bits per heavy atom. The van der Waals surface area contributed by atoms with Crippen molar-refractivity contribution >= 4 is 52.9 Å². The molecule has 3 N–H and O–H groups in total. The maximum absolute atomic E-state index is 13.4. The molecule has 6 rings (SSSR count). The van der Waals surface area contributed by atoms with E-state index in [2.05, 4.69) is 10.6 Å². The Morgan fingerprint density at radius 1 is 0.700 bits per heavy atom. The molecule has 0 spiro atoms. The number of aliphatic hydroxyl groups is 1. The number of aldehydes is 1. The van der Waals surface area contributed by atoms with Crippen LogP contribution in [0.25, 0.3) is 0 Å². The van der Waals surface area contributed by atoms with Crippen LogP contribution in [0.3, 0.4) is 0 Å². The zero-order chi connectivity index (χ0) is 35.9. The first kappa shape index (κ1) is 36.5. The van der Waals surface area contributed by atoms with E-state index in [1.54, 1.807) is 0 Å². The molecule has 4 atom stereocenters. The van der Waals surface area contributed by atoms with Crippen LogP contribution in [0.5, 0.6) is 0 Å². The number of carbonyl (C=O) groups is 5.